The number of carbonyl (C=O) groups excluding carboxylic acids is 1. The third-order valence-electron chi connectivity index (χ3n) is 1.44. The molecule has 0 amide bonds. The maximum absolute atomic E-state index is 10.3. The maximum atomic E-state index is 10.3. The Balaban J connectivity index is 3.04. The summed E-state index contributed by atoms with van der Waals surface area (Å²) in [6.07, 6.45) is 0.686. The zero-order chi connectivity index (χ0) is 8.43. The van der Waals surface area contributed by atoms with Gasteiger partial charge in [0.2, 0.25) is 0 Å². The van der Waals surface area contributed by atoms with E-state index in [1.165, 1.54) is 11.3 Å². The minimum absolute atomic E-state index is 0.105. The first kappa shape index (κ1) is 8.27. The molecule has 0 aliphatic heterocycles. The molecule has 1 aromatic heterocycles. The topological polar surface area (TPSA) is 37.3 Å². The van der Waals surface area contributed by atoms with E-state index in [2.05, 4.69) is 0 Å². The molecule has 0 aromatic carbocycles. The van der Waals surface area contributed by atoms with Crippen molar-refractivity contribution in [3.05, 3.63) is 15.8 Å². The number of aromatic hydroxyl groups is 1. The van der Waals surface area contributed by atoms with E-state index in [1.54, 1.807) is 6.07 Å². The van der Waals surface area contributed by atoms with Gasteiger partial charge in [-0.2, -0.15) is 0 Å². The van der Waals surface area contributed by atoms with E-state index >= 15 is 0 Å². The van der Waals surface area contributed by atoms with Crippen molar-refractivity contribution in [3.8, 4) is 5.75 Å². The van der Waals surface area contributed by atoms with Gasteiger partial charge in [-0.1, -0.05) is 13.8 Å². The van der Waals surface area contributed by atoms with E-state index in [0.717, 1.165) is 4.88 Å². The first-order chi connectivity index (χ1) is 5.15. The summed E-state index contributed by atoms with van der Waals surface area (Å²) < 4.78 is 0. The Kier molecular flexibility index (Phi) is 2.29. The third-order valence-corrected chi connectivity index (χ3v) is 2.79. The normalized spacial score (nSPS) is 10.5. The van der Waals surface area contributed by atoms with Gasteiger partial charge in [0, 0.05) is 4.88 Å². The number of hydrogen-bond donors (Lipinski definition) is 1. The van der Waals surface area contributed by atoms with Crippen LogP contribution >= 0.6 is 11.3 Å². The minimum atomic E-state index is 0.105. The molecule has 0 atom stereocenters. The Morgan fingerprint density at radius 1 is 1.64 bits per heavy atom. The Morgan fingerprint density at radius 3 is 2.55 bits per heavy atom. The van der Waals surface area contributed by atoms with Crippen LogP contribution in [0.4, 0.5) is 0 Å². The Morgan fingerprint density at radius 2 is 2.27 bits per heavy atom. The quantitative estimate of drug-likeness (QED) is 0.692. The van der Waals surface area contributed by atoms with Gasteiger partial charge in [-0.05, 0) is 12.0 Å². The van der Waals surface area contributed by atoms with E-state index in [9.17, 15) is 4.79 Å². The molecule has 0 saturated heterocycles. The van der Waals surface area contributed by atoms with Gasteiger partial charge >= 0.3 is 0 Å². The zero-order valence-corrected chi connectivity index (χ0v) is 7.31. The Bertz CT molecular complexity index is 263. The number of hydrogen-bond acceptors (Lipinski definition) is 3. The van der Waals surface area contributed by atoms with Gasteiger partial charge in [0.05, 0.1) is 0 Å². The average molecular weight is 170 g/mol. The fourth-order valence-corrected chi connectivity index (χ4v) is 1.66. The molecule has 0 aliphatic carbocycles. The highest BCUT2D eigenvalue weighted by molar-refractivity contribution is 7.14. The monoisotopic (exact) mass is 170 g/mol. The number of carbonyl (C=O) groups is 1. The van der Waals surface area contributed by atoms with Crippen molar-refractivity contribution in [2.45, 2.75) is 19.8 Å². The molecule has 2 nitrogen and oxygen atoms in total. The molecule has 1 rings (SSSR count). The standard InChI is InChI=1S/C8H10O2S/c1-5(2)7-3-6(10)8(4-9)11-7/h3-5,10H,1-2H3. The van der Waals surface area contributed by atoms with Gasteiger partial charge in [0.1, 0.15) is 10.6 Å². The van der Waals surface area contributed by atoms with E-state index in [4.69, 9.17) is 5.11 Å². The van der Waals surface area contributed by atoms with E-state index in [0.29, 0.717) is 17.1 Å². The fraction of sp³-hybridized carbons (Fsp3) is 0.375. The largest absolute Gasteiger partial charge is 0.506 e. The molecule has 0 spiro atoms. The van der Waals surface area contributed by atoms with Crippen molar-refractivity contribution in [2.75, 3.05) is 0 Å². The Hall–Kier alpha value is -0.830. The zero-order valence-electron chi connectivity index (χ0n) is 6.50. The number of rotatable bonds is 2. The van der Waals surface area contributed by atoms with Gasteiger partial charge in [-0.25, -0.2) is 0 Å². The molecule has 11 heavy (non-hydrogen) atoms. The Labute approximate surface area is 69.5 Å². The van der Waals surface area contributed by atoms with Crippen molar-refractivity contribution < 1.29 is 9.90 Å². The highest BCUT2D eigenvalue weighted by Crippen LogP contribution is 2.31. The molecule has 0 unspecified atom stereocenters. The van der Waals surface area contributed by atoms with Gasteiger partial charge in [0.15, 0.2) is 6.29 Å². The summed E-state index contributed by atoms with van der Waals surface area (Å²) in [7, 11) is 0. The van der Waals surface area contributed by atoms with Gasteiger partial charge < -0.3 is 5.11 Å². The smallest absolute Gasteiger partial charge is 0.163 e. The van der Waals surface area contributed by atoms with E-state index < -0.39 is 0 Å². The molecule has 0 aliphatic rings. The maximum Gasteiger partial charge on any atom is 0.163 e. The van der Waals surface area contributed by atoms with Gasteiger partial charge in [-0.15, -0.1) is 11.3 Å². The first-order valence-electron chi connectivity index (χ1n) is 3.43. The second kappa shape index (κ2) is 3.05. The summed E-state index contributed by atoms with van der Waals surface area (Å²) in [5.41, 5.74) is 0. The molecule has 0 radical (unpaired) electrons. The minimum Gasteiger partial charge on any atom is -0.506 e. The van der Waals surface area contributed by atoms with E-state index in [-0.39, 0.29) is 5.75 Å². The predicted molar refractivity (Wildman–Crippen MR) is 45.5 cm³/mol. The average Bonchev–Trinajstić information content (AvgIpc) is 2.31. The summed E-state index contributed by atoms with van der Waals surface area (Å²) in [6.45, 7) is 4.06. The van der Waals surface area contributed by atoms with Crippen LogP contribution < -0.4 is 0 Å². The van der Waals surface area contributed by atoms with Crippen LogP contribution in [-0.2, 0) is 0 Å². The molecule has 1 aromatic rings. The summed E-state index contributed by atoms with van der Waals surface area (Å²) in [5, 5.41) is 9.16. The van der Waals surface area contributed by atoms with Crippen LogP contribution in [0, 0.1) is 0 Å². The predicted octanol–water partition coefficient (Wildman–Crippen LogP) is 2.39. The van der Waals surface area contributed by atoms with Crippen LogP contribution in [0.25, 0.3) is 0 Å². The van der Waals surface area contributed by atoms with Crippen LogP contribution in [-0.4, -0.2) is 11.4 Å². The molecule has 60 valence electrons. The number of aldehydes is 1. The van der Waals surface area contributed by atoms with Crippen LogP contribution in [0.15, 0.2) is 6.07 Å². The molecule has 0 saturated carbocycles. The van der Waals surface area contributed by atoms with Gasteiger partial charge in [-0.3, -0.25) is 4.79 Å². The van der Waals surface area contributed by atoms with Crippen LogP contribution in [0.2, 0.25) is 0 Å². The molecule has 1 heterocycles. The summed E-state index contributed by atoms with van der Waals surface area (Å²) in [6, 6.07) is 1.65. The third kappa shape index (κ3) is 1.60. The second-order valence-electron chi connectivity index (χ2n) is 2.67. The van der Waals surface area contributed by atoms with Crippen molar-refractivity contribution in [1.29, 1.82) is 0 Å². The lowest BCUT2D eigenvalue weighted by Gasteiger charge is -1.95. The van der Waals surface area contributed by atoms with Crippen molar-refractivity contribution in [3.63, 3.8) is 0 Å². The lowest BCUT2D eigenvalue weighted by atomic mass is 10.2. The number of thiophene rings is 1. The molecule has 3 heteroatoms. The first-order valence-corrected chi connectivity index (χ1v) is 4.24. The highest BCUT2D eigenvalue weighted by Gasteiger charge is 2.08. The second-order valence-corrected chi connectivity index (χ2v) is 3.79. The summed E-state index contributed by atoms with van der Waals surface area (Å²) in [5.74, 6) is 0.480. The van der Waals surface area contributed by atoms with Crippen molar-refractivity contribution in [1.82, 2.24) is 0 Å². The summed E-state index contributed by atoms with van der Waals surface area (Å²) in [4.78, 5) is 11.8. The van der Waals surface area contributed by atoms with Gasteiger partial charge in [0.25, 0.3) is 0 Å². The molecule has 1 N–H and O–H groups in total. The molecule has 0 fully saturated rings. The highest BCUT2D eigenvalue weighted by atomic mass is 32.1. The molecule has 0 bridgehead atoms. The molecular formula is C8H10O2S. The van der Waals surface area contributed by atoms with Crippen molar-refractivity contribution >= 4 is 17.6 Å². The lowest BCUT2D eigenvalue weighted by molar-refractivity contribution is 0.112. The van der Waals surface area contributed by atoms with E-state index in [1.807, 2.05) is 13.8 Å². The molecular weight excluding hydrogens is 160 g/mol. The van der Waals surface area contributed by atoms with Crippen LogP contribution in [0.5, 0.6) is 5.75 Å². The van der Waals surface area contributed by atoms with Crippen LogP contribution in [0.3, 0.4) is 0 Å². The summed E-state index contributed by atoms with van der Waals surface area (Å²) >= 11 is 1.35. The van der Waals surface area contributed by atoms with Crippen LogP contribution in [0.1, 0.15) is 34.3 Å². The SMILES string of the molecule is CC(C)c1cc(O)c(C=O)s1. The van der Waals surface area contributed by atoms with Crippen molar-refractivity contribution in [2.24, 2.45) is 0 Å². The lowest BCUT2D eigenvalue weighted by Crippen LogP contribution is -1.77. The fourth-order valence-electron chi connectivity index (χ4n) is 0.784.